The molecule has 0 aliphatic carbocycles. The Bertz CT molecular complexity index is 702. The zero-order valence-electron chi connectivity index (χ0n) is 20.4. The van der Waals surface area contributed by atoms with Gasteiger partial charge in [-0.3, -0.25) is 0 Å². The maximum atomic E-state index is 9.12. The number of nitrogens with zero attached hydrogens (tertiary/aromatic N) is 1. The van der Waals surface area contributed by atoms with Gasteiger partial charge in [-0.25, -0.2) is 8.42 Å². The quantitative estimate of drug-likeness (QED) is 0.128. The second-order valence-electron chi connectivity index (χ2n) is 9.00. The second-order valence-corrected chi connectivity index (χ2v) is 11.6. The Morgan fingerprint density at radius 3 is 2.09 bits per heavy atom. The van der Waals surface area contributed by atoms with Crippen LogP contribution in [0.2, 0.25) is 0 Å². The fraction of sp³-hybridized carbons (Fsp3) is 0.750. The maximum Gasteiger partial charge on any atom is 0.132 e. The smallest absolute Gasteiger partial charge is 0.132 e. The predicted octanol–water partition coefficient (Wildman–Crippen LogP) is 4.97. The molecule has 1 aromatic carbocycles. The largest absolute Gasteiger partial charge is 0.748 e. The van der Waals surface area contributed by atoms with E-state index < -0.39 is 10.1 Å². The van der Waals surface area contributed by atoms with Crippen LogP contribution in [0, 0.1) is 3.57 Å². The van der Waals surface area contributed by atoms with Gasteiger partial charge in [-0.1, -0.05) is 57.9 Å². The number of benzene rings is 1. The van der Waals surface area contributed by atoms with E-state index in [9.17, 15) is 0 Å². The highest BCUT2D eigenvalue weighted by Crippen LogP contribution is 2.23. The van der Waals surface area contributed by atoms with E-state index in [0.717, 1.165) is 49.2 Å². The van der Waals surface area contributed by atoms with Crippen LogP contribution < -0.4 is 4.74 Å². The SMILES string of the molecule is CCCCCCCCCCOc1ccc(CCC[N+](C)(C)CCO)cc1I.CS(=O)(=O)[O-]. The lowest BCUT2D eigenvalue weighted by molar-refractivity contribution is -0.890. The molecule has 32 heavy (non-hydrogen) atoms. The summed E-state index contributed by atoms with van der Waals surface area (Å²) in [6, 6.07) is 6.60. The van der Waals surface area contributed by atoms with Crippen LogP contribution in [0.4, 0.5) is 0 Å². The van der Waals surface area contributed by atoms with Crippen molar-refractivity contribution in [1.82, 2.24) is 0 Å². The molecule has 8 heteroatoms. The summed E-state index contributed by atoms with van der Waals surface area (Å²) >= 11 is 2.39. The minimum absolute atomic E-state index is 0.260. The Morgan fingerprint density at radius 2 is 1.56 bits per heavy atom. The molecule has 0 amide bonds. The lowest BCUT2D eigenvalue weighted by Crippen LogP contribution is -2.42. The highest BCUT2D eigenvalue weighted by Gasteiger charge is 2.13. The molecule has 1 aromatic rings. The number of aliphatic hydroxyl groups is 1. The average Bonchev–Trinajstić information content (AvgIpc) is 2.66. The third-order valence-corrected chi connectivity index (χ3v) is 6.03. The van der Waals surface area contributed by atoms with Crippen molar-refractivity contribution in [2.45, 2.75) is 71.1 Å². The number of unbranched alkanes of at least 4 members (excludes halogenated alkanes) is 7. The first-order valence-corrected chi connectivity index (χ1v) is 14.6. The molecule has 0 saturated carbocycles. The van der Waals surface area contributed by atoms with Crippen LogP contribution in [-0.4, -0.2) is 69.2 Å². The van der Waals surface area contributed by atoms with Crippen molar-refractivity contribution in [3.8, 4) is 5.75 Å². The van der Waals surface area contributed by atoms with E-state index in [1.807, 2.05) is 0 Å². The molecule has 0 aromatic heterocycles. The maximum absolute atomic E-state index is 9.12. The second kappa shape index (κ2) is 18.0. The summed E-state index contributed by atoms with van der Waals surface area (Å²) in [7, 11) is 0.449. The van der Waals surface area contributed by atoms with Crippen LogP contribution >= 0.6 is 22.6 Å². The number of aryl methyl sites for hydroxylation is 1. The molecule has 0 aliphatic rings. The van der Waals surface area contributed by atoms with Crippen molar-refractivity contribution in [1.29, 1.82) is 0 Å². The summed E-state index contributed by atoms with van der Waals surface area (Å²) in [6.07, 6.45) is 13.5. The molecule has 1 rings (SSSR count). The minimum atomic E-state index is -3.92. The Morgan fingerprint density at radius 1 is 1.00 bits per heavy atom. The number of ether oxygens (including phenoxy) is 1. The average molecular weight is 586 g/mol. The van der Waals surface area contributed by atoms with E-state index in [1.165, 1.54) is 54.1 Å². The van der Waals surface area contributed by atoms with E-state index in [4.69, 9.17) is 22.8 Å². The molecule has 0 spiro atoms. The fourth-order valence-electron chi connectivity index (χ4n) is 3.33. The van der Waals surface area contributed by atoms with Gasteiger partial charge in [0.25, 0.3) is 0 Å². The zero-order chi connectivity index (χ0) is 24.5. The number of halogens is 1. The fourth-order valence-corrected chi connectivity index (χ4v) is 4.06. The van der Waals surface area contributed by atoms with Gasteiger partial charge in [-0.2, -0.15) is 0 Å². The van der Waals surface area contributed by atoms with Crippen molar-refractivity contribution in [2.75, 3.05) is 46.7 Å². The van der Waals surface area contributed by atoms with Gasteiger partial charge in [0.15, 0.2) is 0 Å². The first-order chi connectivity index (χ1) is 15.0. The van der Waals surface area contributed by atoms with Crippen LogP contribution in [0.1, 0.15) is 70.3 Å². The number of hydrogen-bond donors (Lipinski definition) is 1. The van der Waals surface area contributed by atoms with Crippen LogP contribution in [0.25, 0.3) is 0 Å². The number of quaternary nitrogens is 1. The summed E-state index contributed by atoms with van der Waals surface area (Å²) < 4.78 is 35.3. The highest BCUT2D eigenvalue weighted by atomic mass is 127. The summed E-state index contributed by atoms with van der Waals surface area (Å²) in [6.45, 7) is 5.27. The Kier molecular flexibility index (Phi) is 17.7. The van der Waals surface area contributed by atoms with E-state index in [2.05, 4.69) is 61.8 Å². The van der Waals surface area contributed by atoms with Gasteiger partial charge in [0.05, 0.1) is 47.5 Å². The molecule has 6 nitrogen and oxygen atoms in total. The van der Waals surface area contributed by atoms with E-state index in [1.54, 1.807) is 0 Å². The Balaban J connectivity index is 0.00000172. The van der Waals surface area contributed by atoms with Gasteiger partial charge >= 0.3 is 0 Å². The van der Waals surface area contributed by atoms with Crippen molar-refractivity contribution in [3.63, 3.8) is 0 Å². The lowest BCUT2D eigenvalue weighted by atomic mass is 10.1. The molecule has 0 atom stereocenters. The lowest BCUT2D eigenvalue weighted by Gasteiger charge is -2.28. The Hall–Kier alpha value is -0.420. The molecule has 1 N–H and O–H groups in total. The molecule has 0 saturated heterocycles. The highest BCUT2D eigenvalue weighted by molar-refractivity contribution is 14.1. The van der Waals surface area contributed by atoms with Gasteiger partial charge in [-0.15, -0.1) is 0 Å². The predicted molar refractivity (Wildman–Crippen MR) is 140 cm³/mol. The van der Waals surface area contributed by atoms with E-state index in [-0.39, 0.29) is 6.61 Å². The molecule has 0 aliphatic heterocycles. The van der Waals surface area contributed by atoms with Crippen molar-refractivity contribution in [2.24, 2.45) is 0 Å². The normalized spacial score (nSPS) is 11.7. The molecule has 0 bridgehead atoms. The number of hydrogen-bond acceptors (Lipinski definition) is 5. The Labute approximate surface area is 210 Å². The van der Waals surface area contributed by atoms with Gasteiger partial charge in [0.1, 0.15) is 12.3 Å². The monoisotopic (exact) mass is 585 g/mol. The third-order valence-electron chi connectivity index (χ3n) is 5.19. The number of aliphatic hydroxyl groups excluding tert-OH is 1. The third kappa shape index (κ3) is 20.2. The topological polar surface area (TPSA) is 86.7 Å². The van der Waals surface area contributed by atoms with Crippen molar-refractivity contribution < 1.29 is 27.3 Å². The van der Waals surface area contributed by atoms with Crippen LogP contribution in [0.15, 0.2) is 18.2 Å². The van der Waals surface area contributed by atoms with Crippen molar-refractivity contribution in [3.05, 3.63) is 27.3 Å². The molecular formula is C24H44INO5S. The van der Waals surface area contributed by atoms with E-state index in [0.29, 0.717) is 6.26 Å². The summed E-state index contributed by atoms with van der Waals surface area (Å²) in [5.74, 6) is 1.03. The zero-order valence-corrected chi connectivity index (χ0v) is 23.4. The summed E-state index contributed by atoms with van der Waals surface area (Å²) in [4.78, 5) is 0. The first kappa shape index (κ1) is 31.6. The summed E-state index contributed by atoms with van der Waals surface area (Å²) in [5, 5.41) is 9.12. The molecule has 188 valence electrons. The van der Waals surface area contributed by atoms with Crippen molar-refractivity contribution >= 4 is 32.7 Å². The van der Waals surface area contributed by atoms with Gasteiger partial charge in [-0.05, 0) is 53.1 Å². The van der Waals surface area contributed by atoms with E-state index >= 15 is 0 Å². The first-order valence-electron chi connectivity index (χ1n) is 11.7. The number of rotatable bonds is 16. The van der Waals surface area contributed by atoms with Gasteiger partial charge in [0.2, 0.25) is 0 Å². The number of likely N-dealkylation sites (N-methyl/N-ethyl adjacent to an activating group) is 1. The van der Waals surface area contributed by atoms with Crippen LogP contribution in [0.3, 0.4) is 0 Å². The minimum Gasteiger partial charge on any atom is -0.748 e. The molecule has 0 radical (unpaired) electrons. The van der Waals surface area contributed by atoms with Gasteiger partial charge in [0, 0.05) is 12.7 Å². The van der Waals surface area contributed by atoms with Crippen LogP contribution in [-0.2, 0) is 16.5 Å². The van der Waals surface area contributed by atoms with Gasteiger partial charge < -0.3 is 18.9 Å². The summed E-state index contributed by atoms with van der Waals surface area (Å²) in [5.41, 5.74) is 1.38. The molecular weight excluding hydrogens is 541 g/mol. The van der Waals surface area contributed by atoms with Crippen LogP contribution in [0.5, 0.6) is 5.75 Å². The molecule has 0 heterocycles. The molecule has 0 fully saturated rings. The molecule has 0 unspecified atom stereocenters. The standard InChI is InChI=1S/C23H41INO2.CH4O3S/c1-4-5-6-7-8-9-10-11-19-27-23-15-14-21(20-22(23)24)13-12-16-25(2,3)17-18-26;1-5(2,3)4/h14-15,20,26H,4-13,16-19H2,1-3H3;1H3,(H,2,3,4)/q+1;/p-1.